The summed E-state index contributed by atoms with van der Waals surface area (Å²) in [7, 11) is 0. The Morgan fingerprint density at radius 1 is 1.00 bits per heavy atom. The van der Waals surface area contributed by atoms with Gasteiger partial charge in [-0.15, -0.1) is 0 Å². The third kappa shape index (κ3) is 2.36. The molecule has 21 heavy (non-hydrogen) atoms. The number of fused-ring (bicyclic) bond motifs is 1. The molecule has 0 aliphatic rings. The van der Waals surface area contributed by atoms with Crippen molar-refractivity contribution < 1.29 is 9.72 Å². The molecule has 0 spiro atoms. The van der Waals surface area contributed by atoms with Crippen molar-refractivity contribution in [3.63, 3.8) is 0 Å². The fourth-order valence-corrected chi connectivity index (χ4v) is 2.19. The van der Waals surface area contributed by atoms with E-state index < -0.39 is 4.92 Å². The fourth-order valence-electron chi connectivity index (χ4n) is 2.19. The van der Waals surface area contributed by atoms with Crippen molar-refractivity contribution in [1.82, 2.24) is 4.98 Å². The maximum Gasteiger partial charge on any atom is 0.269 e. The van der Waals surface area contributed by atoms with E-state index in [1.807, 2.05) is 24.3 Å². The highest BCUT2D eigenvalue weighted by Gasteiger charge is 2.14. The van der Waals surface area contributed by atoms with Crippen molar-refractivity contribution in [2.45, 2.75) is 0 Å². The molecule has 3 aromatic rings. The van der Waals surface area contributed by atoms with Crippen molar-refractivity contribution in [3.05, 3.63) is 82.2 Å². The number of nitro benzene ring substituents is 1. The summed E-state index contributed by atoms with van der Waals surface area (Å²) in [6.45, 7) is 0. The van der Waals surface area contributed by atoms with Crippen LogP contribution in [-0.4, -0.2) is 15.7 Å². The zero-order chi connectivity index (χ0) is 14.8. The number of carbonyl (C=O) groups is 1. The number of aromatic nitrogens is 1. The number of nitrogens with zero attached hydrogens (tertiary/aromatic N) is 2. The highest BCUT2D eigenvalue weighted by atomic mass is 16.6. The third-order valence-electron chi connectivity index (χ3n) is 3.25. The van der Waals surface area contributed by atoms with Gasteiger partial charge in [-0.3, -0.25) is 19.9 Å². The van der Waals surface area contributed by atoms with Crippen LogP contribution in [0.1, 0.15) is 15.9 Å². The standard InChI is InChI=1S/C16H10N2O3/c19-16(11-5-7-13(8-6-11)18(20)21)15-10-17-9-12-3-1-2-4-14(12)15/h1-10H. The lowest BCUT2D eigenvalue weighted by atomic mass is 9.99. The first-order valence-corrected chi connectivity index (χ1v) is 6.29. The van der Waals surface area contributed by atoms with Gasteiger partial charge < -0.3 is 0 Å². The second-order valence-corrected chi connectivity index (χ2v) is 4.54. The van der Waals surface area contributed by atoms with Gasteiger partial charge in [-0.2, -0.15) is 0 Å². The largest absolute Gasteiger partial charge is 0.289 e. The number of ketones is 1. The molecule has 0 aliphatic heterocycles. The number of hydrogen-bond donors (Lipinski definition) is 0. The van der Waals surface area contributed by atoms with E-state index in [9.17, 15) is 14.9 Å². The number of non-ortho nitro benzene ring substituents is 1. The summed E-state index contributed by atoms with van der Waals surface area (Å²) in [5.41, 5.74) is 0.850. The smallest absolute Gasteiger partial charge is 0.269 e. The van der Waals surface area contributed by atoms with Crippen LogP contribution >= 0.6 is 0 Å². The molecule has 0 bridgehead atoms. The zero-order valence-electron chi connectivity index (χ0n) is 10.9. The number of rotatable bonds is 3. The zero-order valence-corrected chi connectivity index (χ0v) is 10.9. The normalized spacial score (nSPS) is 10.5. The summed E-state index contributed by atoms with van der Waals surface area (Å²) in [5.74, 6) is -0.200. The van der Waals surface area contributed by atoms with E-state index in [-0.39, 0.29) is 11.5 Å². The van der Waals surface area contributed by atoms with Crippen LogP contribution in [0.2, 0.25) is 0 Å². The van der Waals surface area contributed by atoms with Gasteiger partial charge in [0.15, 0.2) is 5.78 Å². The first-order valence-electron chi connectivity index (χ1n) is 6.29. The van der Waals surface area contributed by atoms with Crippen molar-refractivity contribution >= 4 is 22.2 Å². The van der Waals surface area contributed by atoms with Gasteiger partial charge in [0.1, 0.15) is 0 Å². The highest BCUT2D eigenvalue weighted by Crippen LogP contribution is 2.21. The Labute approximate surface area is 120 Å². The molecular weight excluding hydrogens is 268 g/mol. The lowest BCUT2D eigenvalue weighted by molar-refractivity contribution is -0.384. The van der Waals surface area contributed by atoms with E-state index >= 15 is 0 Å². The number of hydrogen-bond acceptors (Lipinski definition) is 4. The van der Waals surface area contributed by atoms with Gasteiger partial charge in [0.05, 0.1) is 4.92 Å². The Morgan fingerprint density at radius 2 is 1.71 bits per heavy atom. The average Bonchev–Trinajstić information content (AvgIpc) is 2.53. The van der Waals surface area contributed by atoms with E-state index in [1.54, 1.807) is 6.20 Å². The molecule has 1 heterocycles. The molecule has 0 unspecified atom stereocenters. The Balaban J connectivity index is 2.06. The maximum atomic E-state index is 12.5. The van der Waals surface area contributed by atoms with E-state index in [2.05, 4.69) is 4.98 Å². The number of pyridine rings is 1. The first kappa shape index (κ1) is 12.9. The van der Waals surface area contributed by atoms with Gasteiger partial charge in [0.2, 0.25) is 0 Å². The molecule has 5 heteroatoms. The third-order valence-corrected chi connectivity index (χ3v) is 3.25. The topological polar surface area (TPSA) is 73.1 Å². The van der Waals surface area contributed by atoms with Crippen molar-refractivity contribution in [3.8, 4) is 0 Å². The summed E-state index contributed by atoms with van der Waals surface area (Å²) >= 11 is 0. The SMILES string of the molecule is O=C(c1ccc([N+](=O)[O-])cc1)c1cncc2ccccc12. The minimum atomic E-state index is -0.492. The van der Waals surface area contributed by atoms with Gasteiger partial charge in [0, 0.05) is 41.0 Å². The summed E-state index contributed by atoms with van der Waals surface area (Å²) in [6.07, 6.45) is 3.22. The van der Waals surface area contributed by atoms with Crippen molar-refractivity contribution in [2.75, 3.05) is 0 Å². The van der Waals surface area contributed by atoms with E-state index in [0.717, 1.165) is 10.8 Å². The van der Waals surface area contributed by atoms with Crippen LogP contribution in [0.5, 0.6) is 0 Å². The molecule has 1 aromatic heterocycles. The Bertz CT molecular complexity index is 836. The summed E-state index contributed by atoms with van der Waals surface area (Å²) in [6, 6.07) is 13.0. The highest BCUT2D eigenvalue weighted by molar-refractivity contribution is 6.16. The Hall–Kier alpha value is -3.08. The molecule has 0 aliphatic carbocycles. The minimum Gasteiger partial charge on any atom is -0.289 e. The molecular formula is C16H10N2O3. The molecule has 2 aromatic carbocycles. The number of nitro groups is 1. The molecule has 102 valence electrons. The number of carbonyl (C=O) groups excluding carboxylic acids is 1. The quantitative estimate of drug-likeness (QED) is 0.418. The van der Waals surface area contributed by atoms with Crippen molar-refractivity contribution in [1.29, 1.82) is 0 Å². The monoisotopic (exact) mass is 278 g/mol. The van der Waals surface area contributed by atoms with Crippen LogP contribution in [0.3, 0.4) is 0 Å². The second-order valence-electron chi connectivity index (χ2n) is 4.54. The van der Waals surface area contributed by atoms with Crippen molar-refractivity contribution in [2.24, 2.45) is 0 Å². The molecule has 0 saturated heterocycles. The predicted molar refractivity (Wildman–Crippen MR) is 78.3 cm³/mol. The van der Waals surface area contributed by atoms with Gasteiger partial charge in [0.25, 0.3) is 5.69 Å². The summed E-state index contributed by atoms with van der Waals surface area (Å²) < 4.78 is 0. The fraction of sp³-hybridized carbons (Fsp3) is 0. The van der Waals surface area contributed by atoms with E-state index in [4.69, 9.17) is 0 Å². The van der Waals surface area contributed by atoms with Gasteiger partial charge in [-0.1, -0.05) is 24.3 Å². The van der Waals surface area contributed by atoms with Gasteiger partial charge in [-0.05, 0) is 17.5 Å². The second kappa shape index (κ2) is 5.13. The molecule has 0 saturated carbocycles. The predicted octanol–water partition coefficient (Wildman–Crippen LogP) is 3.37. The summed E-state index contributed by atoms with van der Waals surface area (Å²) in [5, 5.41) is 12.3. The molecule has 0 amide bonds. The lowest BCUT2D eigenvalue weighted by Gasteiger charge is -2.05. The van der Waals surface area contributed by atoms with Gasteiger partial charge >= 0.3 is 0 Å². The van der Waals surface area contributed by atoms with Crippen LogP contribution in [0.15, 0.2) is 60.9 Å². The van der Waals surface area contributed by atoms with Gasteiger partial charge in [-0.25, -0.2) is 0 Å². The molecule has 0 radical (unpaired) electrons. The minimum absolute atomic E-state index is 0.0393. The Kier molecular flexibility index (Phi) is 3.16. The van der Waals surface area contributed by atoms with E-state index in [1.165, 1.54) is 30.5 Å². The van der Waals surface area contributed by atoms with Crippen LogP contribution in [0, 0.1) is 10.1 Å². The maximum absolute atomic E-state index is 12.5. The lowest BCUT2D eigenvalue weighted by Crippen LogP contribution is -2.03. The van der Waals surface area contributed by atoms with E-state index in [0.29, 0.717) is 11.1 Å². The molecule has 5 nitrogen and oxygen atoms in total. The molecule has 3 rings (SSSR count). The Morgan fingerprint density at radius 3 is 2.43 bits per heavy atom. The molecule has 0 fully saturated rings. The van der Waals surface area contributed by atoms with Crippen LogP contribution in [0.4, 0.5) is 5.69 Å². The molecule has 0 atom stereocenters. The average molecular weight is 278 g/mol. The van der Waals surface area contributed by atoms with Crippen LogP contribution < -0.4 is 0 Å². The van der Waals surface area contributed by atoms with Crippen LogP contribution in [0.25, 0.3) is 10.8 Å². The number of benzene rings is 2. The first-order chi connectivity index (χ1) is 10.2. The van der Waals surface area contributed by atoms with Crippen LogP contribution in [-0.2, 0) is 0 Å². The molecule has 0 N–H and O–H groups in total. The summed E-state index contributed by atoms with van der Waals surface area (Å²) in [4.78, 5) is 26.8.